The average Bonchev–Trinajstić information content (AvgIpc) is 3.08. The van der Waals surface area contributed by atoms with Crippen LogP contribution in [0.4, 0.5) is 0 Å². The smallest absolute Gasteiger partial charge is 0.0901 e. The molecule has 0 radical (unpaired) electrons. The van der Waals surface area contributed by atoms with Crippen molar-refractivity contribution in [2.24, 2.45) is 11.7 Å². The zero-order valence-corrected chi connectivity index (χ0v) is 8.32. The van der Waals surface area contributed by atoms with Crippen LogP contribution in [0.2, 0.25) is 0 Å². The van der Waals surface area contributed by atoms with Gasteiger partial charge >= 0.3 is 0 Å². The van der Waals surface area contributed by atoms with Crippen LogP contribution < -0.4 is 5.73 Å². The highest BCUT2D eigenvalue weighted by atomic mass is 15.4. The molecule has 2 aliphatic carbocycles. The van der Waals surface area contributed by atoms with Crippen molar-refractivity contribution >= 4 is 0 Å². The zero-order chi connectivity index (χ0) is 9.60. The summed E-state index contributed by atoms with van der Waals surface area (Å²) in [6.45, 7) is 1.77. The molecule has 76 valence electrons. The molecule has 0 saturated heterocycles. The van der Waals surface area contributed by atoms with Gasteiger partial charge in [0.05, 0.1) is 5.69 Å². The highest BCUT2D eigenvalue weighted by Crippen LogP contribution is 2.46. The standard InChI is InChI=1S/C10H16N4/c11-7-10(3-4-10)9-6-14(13-12-9)5-8-1-2-8/h6,8H,1-5,7,11H2. The van der Waals surface area contributed by atoms with Gasteiger partial charge in [-0.3, -0.25) is 4.68 Å². The van der Waals surface area contributed by atoms with Gasteiger partial charge in [0, 0.05) is 24.7 Å². The Hall–Kier alpha value is -0.900. The summed E-state index contributed by atoms with van der Waals surface area (Å²) < 4.78 is 1.99. The van der Waals surface area contributed by atoms with Gasteiger partial charge in [0.15, 0.2) is 0 Å². The molecule has 0 amide bonds. The number of hydrogen-bond acceptors (Lipinski definition) is 3. The minimum absolute atomic E-state index is 0.196. The largest absolute Gasteiger partial charge is 0.330 e. The van der Waals surface area contributed by atoms with Gasteiger partial charge in [0.25, 0.3) is 0 Å². The molecular weight excluding hydrogens is 176 g/mol. The summed E-state index contributed by atoms with van der Waals surface area (Å²) in [5, 5.41) is 8.40. The lowest BCUT2D eigenvalue weighted by Gasteiger charge is -2.05. The van der Waals surface area contributed by atoms with Crippen LogP contribution in [0.5, 0.6) is 0 Å². The van der Waals surface area contributed by atoms with Gasteiger partial charge in [0.1, 0.15) is 0 Å². The summed E-state index contributed by atoms with van der Waals surface area (Å²) in [4.78, 5) is 0. The summed E-state index contributed by atoms with van der Waals surface area (Å²) >= 11 is 0. The summed E-state index contributed by atoms with van der Waals surface area (Å²) in [5.74, 6) is 0.859. The number of nitrogens with two attached hydrogens (primary N) is 1. The minimum Gasteiger partial charge on any atom is -0.330 e. The molecule has 4 heteroatoms. The normalized spacial score (nSPS) is 23.8. The topological polar surface area (TPSA) is 56.7 Å². The Kier molecular flexibility index (Phi) is 1.68. The first-order chi connectivity index (χ1) is 6.82. The average molecular weight is 192 g/mol. The van der Waals surface area contributed by atoms with E-state index in [4.69, 9.17) is 5.73 Å². The molecule has 0 aliphatic heterocycles. The molecule has 1 aromatic rings. The molecule has 1 heterocycles. The Labute approximate surface area is 83.5 Å². The Morgan fingerprint density at radius 3 is 2.86 bits per heavy atom. The Bertz CT molecular complexity index is 336. The molecule has 2 aliphatic rings. The molecule has 2 fully saturated rings. The van der Waals surface area contributed by atoms with Crippen LogP contribution in [0.15, 0.2) is 6.20 Å². The number of aromatic nitrogens is 3. The second kappa shape index (κ2) is 2.79. The van der Waals surface area contributed by atoms with Crippen molar-refractivity contribution < 1.29 is 0 Å². The van der Waals surface area contributed by atoms with Gasteiger partial charge in [-0.2, -0.15) is 0 Å². The third kappa shape index (κ3) is 1.34. The summed E-state index contributed by atoms with van der Waals surface area (Å²) in [7, 11) is 0. The first-order valence-electron chi connectivity index (χ1n) is 5.43. The lowest BCUT2D eigenvalue weighted by atomic mass is 10.0. The van der Waals surface area contributed by atoms with E-state index in [1.165, 1.54) is 25.7 Å². The van der Waals surface area contributed by atoms with Crippen molar-refractivity contribution in [3.05, 3.63) is 11.9 Å². The monoisotopic (exact) mass is 192 g/mol. The molecule has 0 aromatic carbocycles. The van der Waals surface area contributed by atoms with E-state index in [2.05, 4.69) is 16.5 Å². The van der Waals surface area contributed by atoms with E-state index in [9.17, 15) is 0 Å². The molecule has 14 heavy (non-hydrogen) atoms. The van der Waals surface area contributed by atoms with Gasteiger partial charge in [0.2, 0.25) is 0 Å². The summed E-state index contributed by atoms with van der Waals surface area (Å²) in [5.41, 5.74) is 7.05. The fourth-order valence-corrected chi connectivity index (χ4v) is 1.91. The quantitative estimate of drug-likeness (QED) is 0.763. The van der Waals surface area contributed by atoms with E-state index in [0.29, 0.717) is 0 Å². The van der Waals surface area contributed by atoms with Crippen molar-refractivity contribution in [1.82, 2.24) is 15.0 Å². The lowest BCUT2D eigenvalue weighted by Crippen LogP contribution is -2.20. The zero-order valence-electron chi connectivity index (χ0n) is 8.32. The van der Waals surface area contributed by atoms with Crippen LogP contribution in [-0.2, 0) is 12.0 Å². The SMILES string of the molecule is NCC1(c2cn(CC3CC3)nn2)CC1. The van der Waals surface area contributed by atoms with E-state index in [0.717, 1.165) is 24.7 Å². The minimum atomic E-state index is 0.196. The van der Waals surface area contributed by atoms with E-state index in [1.54, 1.807) is 0 Å². The first kappa shape index (κ1) is 8.41. The highest BCUT2D eigenvalue weighted by Gasteiger charge is 2.45. The van der Waals surface area contributed by atoms with Crippen LogP contribution in [0.25, 0.3) is 0 Å². The fraction of sp³-hybridized carbons (Fsp3) is 0.800. The highest BCUT2D eigenvalue weighted by molar-refractivity contribution is 5.21. The number of hydrogen-bond donors (Lipinski definition) is 1. The van der Waals surface area contributed by atoms with Gasteiger partial charge in [-0.05, 0) is 31.6 Å². The third-order valence-corrected chi connectivity index (χ3v) is 3.47. The van der Waals surface area contributed by atoms with Crippen molar-refractivity contribution in [3.8, 4) is 0 Å². The molecule has 0 unspecified atom stereocenters. The van der Waals surface area contributed by atoms with Crippen molar-refractivity contribution in [3.63, 3.8) is 0 Å². The van der Waals surface area contributed by atoms with Crippen LogP contribution >= 0.6 is 0 Å². The first-order valence-corrected chi connectivity index (χ1v) is 5.43. The van der Waals surface area contributed by atoms with E-state index in [-0.39, 0.29) is 5.41 Å². The van der Waals surface area contributed by atoms with Crippen LogP contribution in [-0.4, -0.2) is 21.5 Å². The maximum Gasteiger partial charge on any atom is 0.0901 e. The second-order valence-electron chi connectivity index (χ2n) is 4.75. The van der Waals surface area contributed by atoms with Gasteiger partial charge in [-0.25, -0.2) is 0 Å². The van der Waals surface area contributed by atoms with Crippen molar-refractivity contribution in [1.29, 1.82) is 0 Å². The summed E-state index contributed by atoms with van der Waals surface area (Å²) in [6, 6.07) is 0. The van der Waals surface area contributed by atoms with Crippen molar-refractivity contribution in [2.45, 2.75) is 37.6 Å². The van der Waals surface area contributed by atoms with Crippen LogP contribution in [0.3, 0.4) is 0 Å². The van der Waals surface area contributed by atoms with Gasteiger partial charge in [-0.1, -0.05) is 5.21 Å². The molecule has 0 bridgehead atoms. The van der Waals surface area contributed by atoms with E-state index < -0.39 is 0 Å². The maximum absolute atomic E-state index is 5.75. The molecule has 4 nitrogen and oxygen atoms in total. The van der Waals surface area contributed by atoms with E-state index in [1.807, 2.05) is 4.68 Å². The third-order valence-electron chi connectivity index (χ3n) is 3.47. The molecule has 1 aromatic heterocycles. The predicted molar refractivity (Wildman–Crippen MR) is 52.7 cm³/mol. The summed E-state index contributed by atoms with van der Waals surface area (Å²) in [6.07, 6.45) is 7.18. The molecular formula is C10H16N4. The number of rotatable bonds is 4. The van der Waals surface area contributed by atoms with Crippen molar-refractivity contribution in [2.75, 3.05) is 6.54 Å². The molecule has 2 saturated carbocycles. The molecule has 0 atom stereocenters. The Balaban J connectivity index is 1.75. The predicted octanol–water partition coefficient (Wildman–Crippen LogP) is 0.678. The van der Waals surface area contributed by atoms with Gasteiger partial charge in [-0.15, -0.1) is 5.10 Å². The maximum atomic E-state index is 5.75. The Morgan fingerprint density at radius 2 is 2.29 bits per heavy atom. The van der Waals surface area contributed by atoms with Crippen LogP contribution in [0.1, 0.15) is 31.4 Å². The lowest BCUT2D eigenvalue weighted by molar-refractivity contribution is 0.544. The molecule has 3 rings (SSSR count). The molecule has 0 spiro atoms. The fourth-order valence-electron chi connectivity index (χ4n) is 1.91. The molecule has 2 N–H and O–H groups in total. The Morgan fingerprint density at radius 1 is 1.50 bits per heavy atom. The van der Waals surface area contributed by atoms with E-state index >= 15 is 0 Å². The van der Waals surface area contributed by atoms with Crippen LogP contribution in [0, 0.1) is 5.92 Å². The second-order valence-corrected chi connectivity index (χ2v) is 4.75. The van der Waals surface area contributed by atoms with Gasteiger partial charge < -0.3 is 5.73 Å². The number of nitrogens with zero attached hydrogens (tertiary/aromatic N) is 3.